The van der Waals surface area contributed by atoms with Crippen molar-refractivity contribution in [3.05, 3.63) is 0 Å². The molecule has 0 aliphatic rings. The van der Waals surface area contributed by atoms with Gasteiger partial charge in [0.1, 0.15) is 0 Å². The first-order valence-electron chi connectivity index (χ1n) is 0.924. The molecule has 0 heterocycles. The molecule has 7 heavy (non-hydrogen) atoms. The third-order valence-corrected chi connectivity index (χ3v) is 0. The Morgan fingerprint density at radius 1 is 1.43 bits per heavy atom. The first kappa shape index (κ1) is 15.6. The van der Waals surface area contributed by atoms with Crippen LogP contribution in [-0.4, -0.2) is 19.2 Å². The topological polar surface area (TPSA) is 54.4 Å². The van der Waals surface area contributed by atoms with Crippen LogP contribution in [0.1, 0.15) is 0 Å². The zero-order valence-electron chi connectivity index (χ0n) is 3.43. The van der Waals surface area contributed by atoms with Gasteiger partial charge in [-0.25, -0.2) is 0 Å². The molecule has 0 saturated carbocycles. The van der Waals surface area contributed by atoms with E-state index in [1.54, 1.807) is 0 Å². The van der Waals surface area contributed by atoms with Gasteiger partial charge in [-0.1, -0.05) is 0 Å². The summed E-state index contributed by atoms with van der Waals surface area (Å²) in [4.78, 5) is 0. The van der Waals surface area contributed by atoms with Gasteiger partial charge in [0.25, 0.3) is 10.1 Å². The van der Waals surface area contributed by atoms with Crippen LogP contribution < -0.4 is 0 Å². The molecule has 0 rings (SSSR count). The molecule has 48 valence electrons. The summed E-state index contributed by atoms with van der Waals surface area (Å²) >= 11 is 0. The monoisotopic (exact) mass is 188 g/mol. The van der Waals surface area contributed by atoms with Gasteiger partial charge < -0.3 is 0 Å². The predicted molar refractivity (Wildman–Crippen MR) is 24.7 cm³/mol. The van der Waals surface area contributed by atoms with Crippen molar-refractivity contribution in [2.45, 2.75) is 0 Å². The maximum Gasteiger partial charge on any atom is 0.261 e. The Labute approximate surface area is 59.1 Å². The van der Waals surface area contributed by atoms with E-state index in [2.05, 4.69) is 0 Å². The molecule has 0 atom stereocenters. The summed E-state index contributed by atoms with van der Waals surface area (Å²) in [5.74, 6) is 0. The van der Waals surface area contributed by atoms with Crippen LogP contribution in [0.2, 0.25) is 0 Å². The molecule has 3 nitrogen and oxygen atoms in total. The predicted octanol–water partition coefficient (Wildman–Crippen LogP) is -0.0767. The van der Waals surface area contributed by atoms with Gasteiger partial charge in [0.05, 0.1) is 6.26 Å². The van der Waals surface area contributed by atoms with Crippen LogP contribution in [0, 0.1) is 0 Å². The van der Waals surface area contributed by atoms with Crippen molar-refractivity contribution >= 4 is 22.5 Å². The van der Waals surface area contributed by atoms with Crippen LogP contribution in [0.3, 0.4) is 0 Å². The quantitative estimate of drug-likeness (QED) is 0.427. The molecule has 0 fully saturated rings. The Hall–Kier alpha value is 0.719. The molecule has 0 aromatic carbocycles. The number of rotatable bonds is 0. The largest absolute Gasteiger partial charge is 0.286 e. The maximum absolute atomic E-state index is 9.19. The second kappa shape index (κ2) is 4.87. The van der Waals surface area contributed by atoms with E-state index in [9.17, 15) is 8.42 Å². The third kappa shape index (κ3) is 289. The summed E-state index contributed by atoms with van der Waals surface area (Å²) in [6.07, 6.45) is 0.715. The minimum atomic E-state index is -3.67. The summed E-state index contributed by atoms with van der Waals surface area (Å²) in [5.41, 5.74) is 0. The van der Waals surface area contributed by atoms with Crippen LogP contribution in [0.15, 0.2) is 0 Å². The molecule has 0 unspecified atom stereocenters. The molecular weight excluding hydrogens is 183 g/mol. The Morgan fingerprint density at radius 3 is 1.43 bits per heavy atom. The fourth-order valence-electron chi connectivity index (χ4n) is 0. The average molecular weight is 188 g/mol. The Bertz CT molecular complexity index is 98.1. The normalized spacial score (nSPS) is 8.29. The van der Waals surface area contributed by atoms with Gasteiger partial charge in [-0.2, -0.15) is 8.42 Å². The Balaban J connectivity index is -0.0000000800. The van der Waals surface area contributed by atoms with Crippen molar-refractivity contribution < 1.29 is 30.0 Å². The van der Waals surface area contributed by atoms with Gasteiger partial charge in [-0.15, -0.1) is 12.4 Å². The third-order valence-electron chi connectivity index (χ3n) is 0. The smallest absolute Gasteiger partial charge is 0.261 e. The summed E-state index contributed by atoms with van der Waals surface area (Å²) < 4.78 is 25.9. The molecule has 6 heteroatoms. The molecule has 0 radical (unpaired) electrons. The van der Waals surface area contributed by atoms with E-state index in [-0.39, 0.29) is 29.5 Å². The van der Waals surface area contributed by atoms with E-state index in [0.717, 1.165) is 0 Å². The van der Waals surface area contributed by atoms with E-state index in [4.69, 9.17) is 4.55 Å². The SMILES string of the molecule is CS(=O)(=O)O.Cl.[Fe]. The Kier molecular flexibility index (Phi) is 10.9. The minimum absolute atomic E-state index is 0. The molecule has 0 amide bonds. The van der Waals surface area contributed by atoms with Crippen LogP contribution in [0.5, 0.6) is 0 Å². The summed E-state index contributed by atoms with van der Waals surface area (Å²) in [5, 5.41) is 0. The van der Waals surface area contributed by atoms with Gasteiger partial charge in [-0.3, -0.25) is 4.55 Å². The van der Waals surface area contributed by atoms with E-state index < -0.39 is 10.1 Å². The molecule has 0 bridgehead atoms. The van der Waals surface area contributed by atoms with Gasteiger partial charge in [0.15, 0.2) is 0 Å². The van der Waals surface area contributed by atoms with Crippen molar-refractivity contribution in [3.63, 3.8) is 0 Å². The van der Waals surface area contributed by atoms with Crippen molar-refractivity contribution in [3.8, 4) is 0 Å². The van der Waals surface area contributed by atoms with Crippen molar-refractivity contribution in [1.29, 1.82) is 0 Å². The van der Waals surface area contributed by atoms with Crippen LogP contribution in [-0.2, 0) is 27.2 Å². The summed E-state index contributed by atoms with van der Waals surface area (Å²) in [6, 6.07) is 0. The fourth-order valence-corrected chi connectivity index (χ4v) is 0. The first-order valence-corrected chi connectivity index (χ1v) is 2.77. The number of hydrogen-bond donors (Lipinski definition) is 1. The summed E-state index contributed by atoms with van der Waals surface area (Å²) in [6.45, 7) is 0. The Morgan fingerprint density at radius 2 is 1.43 bits per heavy atom. The zero-order valence-corrected chi connectivity index (χ0v) is 6.17. The summed E-state index contributed by atoms with van der Waals surface area (Å²) in [7, 11) is -3.67. The van der Waals surface area contributed by atoms with E-state index in [1.807, 2.05) is 0 Å². The second-order valence-electron chi connectivity index (χ2n) is 0.733. The van der Waals surface area contributed by atoms with E-state index in [0.29, 0.717) is 6.26 Å². The average Bonchev–Trinajstić information content (AvgIpc) is 0.722. The molecule has 0 aliphatic carbocycles. The molecule has 0 spiro atoms. The fraction of sp³-hybridized carbons (Fsp3) is 1.00. The first-order chi connectivity index (χ1) is 2.00. The van der Waals surface area contributed by atoms with Crippen molar-refractivity contribution in [1.82, 2.24) is 0 Å². The van der Waals surface area contributed by atoms with Crippen molar-refractivity contribution in [2.75, 3.05) is 6.26 Å². The minimum Gasteiger partial charge on any atom is -0.286 e. The standard InChI is InChI=1S/CH4O3S.ClH.Fe/c1-5(2,3)4;;/h1H3,(H,2,3,4);1H;. The van der Waals surface area contributed by atoms with Gasteiger partial charge >= 0.3 is 0 Å². The molecule has 0 saturated heterocycles. The molecule has 0 aromatic rings. The van der Waals surface area contributed by atoms with E-state index >= 15 is 0 Å². The van der Waals surface area contributed by atoms with Gasteiger partial charge in [-0.05, 0) is 0 Å². The van der Waals surface area contributed by atoms with Gasteiger partial charge in [0.2, 0.25) is 0 Å². The zero-order chi connectivity index (χ0) is 4.50. The molecular formula is CH5ClFeO3S. The maximum atomic E-state index is 9.19. The molecule has 0 aliphatic heterocycles. The van der Waals surface area contributed by atoms with Crippen LogP contribution in [0.25, 0.3) is 0 Å². The van der Waals surface area contributed by atoms with Crippen LogP contribution in [0.4, 0.5) is 0 Å². The molecule has 1 N–H and O–H groups in total. The van der Waals surface area contributed by atoms with Crippen molar-refractivity contribution in [2.24, 2.45) is 0 Å². The van der Waals surface area contributed by atoms with Gasteiger partial charge in [0, 0.05) is 17.1 Å². The molecule has 0 aromatic heterocycles. The van der Waals surface area contributed by atoms with E-state index in [1.165, 1.54) is 0 Å². The number of halogens is 1. The second-order valence-corrected chi connectivity index (χ2v) is 2.20. The number of hydrogen-bond acceptors (Lipinski definition) is 2. The van der Waals surface area contributed by atoms with Crippen LogP contribution >= 0.6 is 12.4 Å².